The normalized spacial score (nSPS) is 10.7. The number of benzene rings is 3. The lowest BCUT2D eigenvalue weighted by Gasteiger charge is -2.10. The van der Waals surface area contributed by atoms with Gasteiger partial charge in [0.05, 0.1) is 40.6 Å². The van der Waals surface area contributed by atoms with E-state index in [4.69, 9.17) is 9.52 Å². The number of hydrogen-bond donors (Lipinski definition) is 1. The summed E-state index contributed by atoms with van der Waals surface area (Å²) in [5, 5.41) is 19.7. The Hall–Kier alpha value is -8.11. The maximum absolute atomic E-state index is 14.1. The number of fused-ring (bicyclic) bond motifs is 3. The van der Waals surface area contributed by atoms with Crippen molar-refractivity contribution in [2.45, 2.75) is 51.9 Å². The van der Waals surface area contributed by atoms with Crippen molar-refractivity contribution >= 4 is 68.2 Å². The highest BCUT2D eigenvalue weighted by molar-refractivity contribution is 6.01. The molecule has 0 fully saturated rings. The topological polar surface area (TPSA) is 264 Å². The first kappa shape index (κ1) is 51.5. The number of methoxy groups -OCH3 is 3. The van der Waals surface area contributed by atoms with Crippen molar-refractivity contribution in [1.82, 2.24) is 0 Å². The highest BCUT2D eigenvalue weighted by Crippen LogP contribution is 2.29. The minimum Gasteiger partial charge on any atom is -0.868 e. The van der Waals surface area contributed by atoms with E-state index in [0.717, 1.165) is 44.6 Å². The van der Waals surface area contributed by atoms with Crippen LogP contribution in [0.1, 0.15) is 82.1 Å². The van der Waals surface area contributed by atoms with Crippen LogP contribution >= 0.6 is 0 Å². The molecule has 67 heavy (non-hydrogen) atoms. The van der Waals surface area contributed by atoms with E-state index in [1.54, 1.807) is 6.92 Å². The number of ether oxygens (including phenoxy) is 3. The fraction of sp³-hybridized carbons (Fsp3) is 0.250. The van der Waals surface area contributed by atoms with Gasteiger partial charge in [0, 0.05) is 41.0 Å². The molecule has 354 valence electrons. The van der Waals surface area contributed by atoms with E-state index >= 15 is 0 Å². The molecule has 3 aromatic heterocycles. The third kappa shape index (κ3) is 12.0. The van der Waals surface area contributed by atoms with Gasteiger partial charge in [-0.25, -0.2) is 36.3 Å². The van der Waals surface area contributed by atoms with Crippen molar-refractivity contribution in [1.29, 1.82) is 0 Å². The average molecular weight is 948 g/mol. The van der Waals surface area contributed by atoms with Crippen LogP contribution in [0.3, 0.4) is 0 Å². The van der Waals surface area contributed by atoms with Gasteiger partial charge in [0.2, 0.25) is 5.82 Å². The van der Waals surface area contributed by atoms with E-state index in [0.29, 0.717) is 6.07 Å². The van der Waals surface area contributed by atoms with Gasteiger partial charge in [0.1, 0.15) is 28.3 Å². The van der Waals surface area contributed by atoms with Crippen molar-refractivity contribution in [3.8, 4) is 11.5 Å². The molecule has 0 amide bonds. The summed E-state index contributed by atoms with van der Waals surface area (Å²) in [5.41, 5.74) is -6.57. The van der Waals surface area contributed by atoms with Crippen molar-refractivity contribution in [3.63, 3.8) is 0 Å². The Morgan fingerprint density at radius 2 is 0.836 bits per heavy atom. The minimum absolute atomic E-state index is 0.0294. The van der Waals surface area contributed by atoms with Gasteiger partial charge >= 0.3 is 34.8 Å². The number of esters is 3. The monoisotopic (exact) mass is 947 g/mol. The lowest BCUT2D eigenvalue weighted by molar-refractivity contribution is -0.276. The standard InChI is InChI=1S/C16H14F2O5.2C14H10F2O6/c1-3-9-11(17)7-8-6-10(12(19)4-5-13(20)22-2)16(21)23-15(8)14(9)18;2*1-21-10(18)3-2-9(17)7-4-6-5-8(15)12(19)11(16)13(6)22-14(7)20/h6-7H,3-5H2,1-2H3;2*4-5,19H,2-3H2,1H3/p-1. The van der Waals surface area contributed by atoms with Crippen molar-refractivity contribution in [2.24, 2.45) is 0 Å². The lowest BCUT2D eigenvalue weighted by atomic mass is 10.0. The summed E-state index contributed by atoms with van der Waals surface area (Å²) >= 11 is 0. The summed E-state index contributed by atoms with van der Waals surface area (Å²) in [4.78, 5) is 104. The van der Waals surface area contributed by atoms with Crippen molar-refractivity contribution in [3.05, 3.63) is 125 Å². The van der Waals surface area contributed by atoms with E-state index in [1.165, 1.54) is 7.11 Å². The minimum atomic E-state index is -1.54. The molecule has 17 nitrogen and oxygen atoms in total. The molecule has 23 heteroatoms. The quantitative estimate of drug-likeness (QED) is 0.0460. The van der Waals surface area contributed by atoms with Gasteiger partial charge < -0.3 is 37.7 Å². The number of hydrogen-bond acceptors (Lipinski definition) is 17. The van der Waals surface area contributed by atoms with E-state index in [1.807, 2.05) is 0 Å². The zero-order chi connectivity index (χ0) is 50.0. The van der Waals surface area contributed by atoms with Gasteiger partial charge in [-0.15, -0.1) is 0 Å². The van der Waals surface area contributed by atoms with Crippen molar-refractivity contribution in [2.75, 3.05) is 21.3 Å². The Labute approximate surface area is 370 Å². The lowest BCUT2D eigenvalue weighted by Crippen LogP contribution is -2.16. The average Bonchev–Trinajstić information content (AvgIpc) is 3.30. The Bertz CT molecular complexity index is 3010. The number of Topliss-reactive ketones (excluding diaryl/α,β-unsaturated/α-hetero) is 3. The Kier molecular flexibility index (Phi) is 17.1. The number of aromatic hydroxyl groups is 1. The molecule has 6 aromatic rings. The second-order valence-electron chi connectivity index (χ2n) is 13.6. The predicted octanol–water partition coefficient (Wildman–Crippen LogP) is 5.96. The van der Waals surface area contributed by atoms with Gasteiger partial charge in [-0.2, -0.15) is 4.39 Å². The Morgan fingerprint density at radius 1 is 0.507 bits per heavy atom. The predicted molar refractivity (Wildman–Crippen MR) is 214 cm³/mol. The molecule has 0 radical (unpaired) electrons. The Balaban J connectivity index is 0.000000219. The summed E-state index contributed by atoms with van der Waals surface area (Å²) in [6.45, 7) is 1.57. The molecular formula is C44H33F6O17-. The van der Waals surface area contributed by atoms with Crippen LogP contribution in [0.15, 0.2) is 64.0 Å². The molecule has 0 bridgehead atoms. The first-order valence-corrected chi connectivity index (χ1v) is 19.1. The van der Waals surface area contributed by atoms with Gasteiger partial charge in [0.25, 0.3) is 0 Å². The maximum Gasteiger partial charge on any atom is 0.347 e. The van der Waals surface area contributed by atoms with E-state index in [-0.39, 0.29) is 72.2 Å². The molecule has 3 heterocycles. The van der Waals surface area contributed by atoms with Gasteiger partial charge in [-0.3, -0.25) is 28.8 Å². The summed E-state index contributed by atoms with van der Waals surface area (Å²) in [6.07, 6.45) is -1.51. The van der Waals surface area contributed by atoms with Gasteiger partial charge in [0.15, 0.2) is 57.3 Å². The van der Waals surface area contributed by atoms with Crippen LogP contribution in [0, 0.1) is 34.9 Å². The number of carbonyl (C=O) groups excluding carboxylic acids is 6. The second-order valence-corrected chi connectivity index (χ2v) is 13.6. The molecule has 0 saturated carbocycles. The third-order valence-corrected chi connectivity index (χ3v) is 9.38. The fourth-order valence-corrected chi connectivity index (χ4v) is 5.85. The summed E-state index contributed by atoms with van der Waals surface area (Å²) in [6, 6.07) is 5.36. The molecular weight excluding hydrogens is 914 g/mol. The molecule has 0 aliphatic heterocycles. The first-order chi connectivity index (χ1) is 31.6. The molecule has 6 rings (SSSR count). The number of rotatable bonds is 13. The fourth-order valence-electron chi connectivity index (χ4n) is 5.85. The van der Waals surface area contributed by atoms with E-state index in [2.05, 4.69) is 23.0 Å². The molecule has 0 aliphatic carbocycles. The zero-order valence-corrected chi connectivity index (χ0v) is 35.2. The molecule has 0 aliphatic rings. The van der Waals surface area contributed by atoms with Crippen LogP contribution in [0.5, 0.6) is 11.5 Å². The molecule has 0 unspecified atom stereocenters. The number of halogens is 6. The van der Waals surface area contributed by atoms with Crippen LogP contribution in [0.25, 0.3) is 32.9 Å². The van der Waals surface area contributed by atoms with Crippen LogP contribution in [0.2, 0.25) is 0 Å². The van der Waals surface area contributed by atoms with Crippen LogP contribution in [-0.4, -0.2) is 61.7 Å². The zero-order valence-electron chi connectivity index (χ0n) is 35.2. The summed E-state index contributed by atoms with van der Waals surface area (Å²) in [5.74, 6) is -14.1. The summed E-state index contributed by atoms with van der Waals surface area (Å²) < 4.78 is 109. The van der Waals surface area contributed by atoms with Crippen molar-refractivity contribution < 1.29 is 92.8 Å². The molecule has 0 atom stereocenters. The number of ketones is 3. The largest absolute Gasteiger partial charge is 0.868 e. The highest BCUT2D eigenvalue weighted by atomic mass is 19.2. The van der Waals surface area contributed by atoms with E-state index in [9.17, 15) is 74.6 Å². The van der Waals surface area contributed by atoms with Crippen LogP contribution in [-0.2, 0) is 35.0 Å². The van der Waals surface area contributed by atoms with Crippen LogP contribution in [0.4, 0.5) is 26.3 Å². The molecule has 0 saturated heterocycles. The highest BCUT2D eigenvalue weighted by Gasteiger charge is 2.23. The van der Waals surface area contributed by atoms with E-state index < -0.39 is 126 Å². The first-order valence-electron chi connectivity index (χ1n) is 19.1. The second kappa shape index (κ2) is 22.2. The molecule has 0 spiro atoms. The number of phenols is 1. The molecule has 3 aromatic carbocycles. The summed E-state index contributed by atoms with van der Waals surface area (Å²) in [7, 11) is 3.46. The third-order valence-electron chi connectivity index (χ3n) is 9.38. The number of phenolic OH excluding ortho intramolecular Hbond substituents is 1. The SMILES string of the molecule is CCc1c(F)cc2cc(C(=O)CCC(=O)OC)c(=O)oc2c1F.COC(=O)CCC(=O)c1cc2cc(F)c(O)c(F)c2oc1=O.COC(=O)CCC(=O)c1cc2cc(F)c([O-])c(F)c2oc1=O. The number of carbonyl (C=O) groups is 6. The Morgan fingerprint density at radius 3 is 1.19 bits per heavy atom. The molecule has 1 N–H and O–H groups in total. The maximum atomic E-state index is 14.1. The van der Waals surface area contributed by atoms with Crippen LogP contribution < -0.4 is 22.0 Å². The van der Waals surface area contributed by atoms with Gasteiger partial charge in [-0.05, 0) is 48.6 Å². The smallest absolute Gasteiger partial charge is 0.347 e. The van der Waals surface area contributed by atoms with Gasteiger partial charge in [-0.1, -0.05) is 6.92 Å².